The Kier molecular flexibility index (Phi) is 6.72. The third kappa shape index (κ3) is 5.06. The molecule has 0 radical (unpaired) electrons. The zero-order valence-corrected chi connectivity index (χ0v) is 13.7. The van der Waals surface area contributed by atoms with Gasteiger partial charge in [-0.3, -0.25) is 9.59 Å². The Morgan fingerprint density at radius 2 is 2.17 bits per heavy atom. The lowest BCUT2D eigenvalue weighted by Crippen LogP contribution is -2.35. The number of carbonyl (C=O) groups is 2. The minimum Gasteiger partial charge on any atom is -0.492 e. The van der Waals surface area contributed by atoms with Crippen molar-refractivity contribution in [3.05, 3.63) is 41.4 Å². The highest BCUT2D eigenvalue weighted by Gasteiger charge is 2.18. The van der Waals surface area contributed by atoms with E-state index >= 15 is 0 Å². The number of nitrogens with one attached hydrogen (secondary N) is 2. The molecule has 0 fully saturated rings. The number of anilines is 1. The number of rotatable bonds is 9. The Morgan fingerprint density at radius 3 is 2.88 bits per heavy atom. The van der Waals surface area contributed by atoms with Gasteiger partial charge in [0.2, 0.25) is 6.41 Å². The van der Waals surface area contributed by atoms with Crippen molar-refractivity contribution in [2.45, 2.75) is 0 Å². The van der Waals surface area contributed by atoms with Crippen molar-refractivity contribution in [1.29, 1.82) is 0 Å². The third-order valence-electron chi connectivity index (χ3n) is 2.73. The van der Waals surface area contributed by atoms with Crippen LogP contribution < -0.4 is 15.4 Å². The van der Waals surface area contributed by atoms with E-state index in [1.54, 1.807) is 5.38 Å². The van der Waals surface area contributed by atoms with E-state index in [1.807, 2.05) is 30.3 Å². The van der Waals surface area contributed by atoms with Gasteiger partial charge in [0, 0.05) is 5.38 Å². The number of hydrogen-bond acceptors (Lipinski definition) is 7. The first-order valence-corrected chi connectivity index (χ1v) is 7.86. The molecule has 0 atom stereocenters. The van der Waals surface area contributed by atoms with Gasteiger partial charge in [-0.15, -0.1) is 11.3 Å². The number of carbonyl (C=O) groups excluding carboxylic acids is 2. The van der Waals surface area contributed by atoms with Crippen molar-refractivity contribution in [2.75, 3.05) is 25.6 Å². The van der Waals surface area contributed by atoms with Gasteiger partial charge in [-0.1, -0.05) is 23.4 Å². The van der Waals surface area contributed by atoms with Crippen LogP contribution in [0, 0.1) is 0 Å². The van der Waals surface area contributed by atoms with Crippen LogP contribution >= 0.6 is 11.3 Å². The van der Waals surface area contributed by atoms with Crippen molar-refractivity contribution in [3.8, 4) is 5.75 Å². The normalized spacial score (nSPS) is 10.8. The summed E-state index contributed by atoms with van der Waals surface area (Å²) in [4.78, 5) is 31.4. The summed E-state index contributed by atoms with van der Waals surface area (Å²) in [6, 6.07) is 9.28. The largest absolute Gasteiger partial charge is 0.492 e. The molecule has 1 aromatic heterocycles. The van der Waals surface area contributed by atoms with Gasteiger partial charge in [0.25, 0.3) is 5.91 Å². The van der Waals surface area contributed by atoms with Gasteiger partial charge in [-0.05, 0) is 12.1 Å². The topological polar surface area (TPSA) is 102 Å². The maximum atomic E-state index is 12.2. The van der Waals surface area contributed by atoms with Gasteiger partial charge in [-0.25, -0.2) is 4.98 Å². The lowest BCUT2D eigenvalue weighted by molar-refractivity contribution is -0.115. The predicted octanol–water partition coefficient (Wildman–Crippen LogP) is 1.26. The second kappa shape index (κ2) is 9.26. The molecule has 0 saturated heterocycles. The minimum absolute atomic E-state index is 0.0208. The quantitative estimate of drug-likeness (QED) is 0.307. The molecular formula is C15H16N4O4S. The van der Waals surface area contributed by atoms with E-state index in [4.69, 9.17) is 9.57 Å². The van der Waals surface area contributed by atoms with Crippen LogP contribution in [0.3, 0.4) is 0 Å². The maximum absolute atomic E-state index is 12.2. The molecule has 1 aromatic carbocycles. The van der Waals surface area contributed by atoms with Crippen molar-refractivity contribution < 1.29 is 19.2 Å². The monoisotopic (exact) mass is 348 g/mol. The number of thiazole rings is 1. The molecule has 9 heteroatoms. The van der Waals surface area contributed by atoms with Crippen LogP contribution in [-0.2, 0) is 14.4 Å². The van der Waals surface area contributed by atoms with Gasteiger partial charge >= 0.3 is 0 Å². The zero-order chi connectivity index (χ0) is 17.2. The molecule has 0 spiro atoms. The number of hydrogen-bond donors (Lipinski definition) is 2. The molecule has 0 saturated carbocycles. The van der Waals surface area contributed by atoms with Gasteiger partial charge in [0.15, 0.2) is 10.8 Å². The number of para-hydroxylation sites is 1. The fourth-order valence-corrected chi connectivity index (χ4v) is 2.38. The van der Waals surface area contributed by atoms with Crippen LogP contribution in [0.15, 0.2) is 40.9 Å². The summed E-state index contributed by atoms with van der Waals surface area (Å²) in [7, 11) is 1.34. The summed E-state index contributed by atoms with van der Waals surface area (Å²) in [5.41, 5.74) is 0.333. The van der Waals surface area contributed by atoms with E-state index in [-0.39, 0.29) is 5.71 Å². The Balaban J connectivity index is 1.89. The fraction of sp³-hybridized carbons (Fsp3) is 0.200. The molecule has 0 bridgehead atoms. The molecular weight excluding hydrogens is 332 g/mol. The Morgan fingerprint density at radius 1 is 1.38 bits per heavy atom. The van der Waals surface area contributed by atoms with E-state index < -0.39 is 5.91 Å². The highest BCUT2D eigenvalue weighted by Crippen LogP contribution is 2.15. The Hall–Kier alpha value is -2.94. The molecule has 0 unspecified atom stereocenters. The summed E-state index contributed by atoms with van der Waals surface area (Å²) in [6.07, 6.45) is 0.511. The number of benzene rings is 1. The molecule has 8 nitrogen and oxygen atoms in total. The highest BCUT2D eigenvalue weighted by atomic mass is 32.1. The molecule has 2 amide bonds. The zero-order valence-electron chi connectivity index (χ0n) is 12.9. The predicted molar refractivity (Wildman–Crippen MR) is 90.3 cm³/mol. The van der Waals surface area contributed by atoms with Crippen LogP contribution in [0.25, 0.3) is 0 Å². The first-order chi connectivity index (χ1) is 11.7. The van der Waals surface area contributed by atoms with Gasteiger partial charge < -0.3 is 20.2 Å². The van der Waals surface area contributed by atoms with Crippen molar-refractivity contribution in [3.63, 3.8) is 0 Å². The van der Waals surface area contributed by atoms with Crippen molar-refractivity contribution in [1.82, 2.24) is 10.3 Å². The van der Waals surface area contributed by atoms with E-state index in [9.17, 15) is 9.59 Å². The lowest BCUT2D eigenvalue weighted by atomic mass is 10.3. The van der Waals surface area contributed by atoms with Crippen LogP contribution in [0.4, 0.5) is 5.13 Å². The summed E-state index contributed by atoms with van der Waals surface area (Å²) in [5, 5.41) is 10.8. The molecule has 24 heavy (non-hydrogen) atoms. The molecule has 2 N–H and O–H groups in total. The van der Waals surface area contributed by atoms with Crippen LogP contribution in [0.1, 0.15) is 5.69 Å². The lowest BCUT2D eigenvalue weighted by Gasteiger charge is -2.08. The van der Waals surface area contributed by atoms with Gasteiger partial charge in [0.1, 0.15) is 25.2 Å². The van der Waals surface area contributed by atoms with Gasteiger partial charge in [-0.2, -0.15) is 0 Å². The first-order valence-electron chi connectivity index (χ1n) is 6.98. The summed E-state index contributed by atoms with van der Waals surface area (Å²) in [5.74, 6) is 0.276. The number of nitrogens with zero attached hydrogens (tertiary/aromatic N) is 2. The number of aromatic nitrogens is 1. The fourth-order valence-electron chi connectivity index (χ4n) is 1.73. The smallest absolute Gasteiger partial charge is 0.275 e. The van der Waals surface area contributed by atoms with Crippen molar-refractivity contribution in [2.24, 2.45) is 5.16 Å². The summed E-state index contributed by atoms with van der Waals surface area (Å²) in [6.45, 7) is 0.602. The van der Waals surface area contributed by atoms with Crippen LogP contribution in [0.5, 0.6) is 5.75 Å². The number of ether oxygens (including phenoxy) is 1. The SMILES string of the molecule is CO/N=C(/C(=O)NCCOc1ccccc1)c1csc(NC=O)n1. The van der Waals surface area contributed by atoms with Crippen LogP contribution in [-0.4, -0.2) is 43.3 Å². The Bertz CT molecular complexity index is 703. The first kappa shape index (κ1) is 17.4. The highest BCUT2D eigenvalue weighted by molar-refractivity contribution is 7.14. The third-order valence-corrected chi connectivity index (χ3v) is 3.50. The standard InChI is InChI=1S/C15H16N4O4S/c1-22-19-13(12-9-24-15(18-12)17-10-20)14(21)16-7-8-23-11-5-3-2-4-6-11/h2-6,9-10H,7-8H2,1H3,(H,16,21)(H,17,18,20)/b19-13+. The molecule has 0 aliphatic rings. The number of amides is 2. The second-order valence-electron chi connectivity index (χ2n) is 4.34. The number of oxime groups is 1. The Labute approximate surface area is 142 Å². The maximum Gasteiger partial charge on any atom is 0.275 e. The van der Waals surface area contributed by atoms with E-state index in [0.717, 1.165) is 5.75 Å². The molecule has 0 aliphatic carbocycles. The average molecular weight is 348 g/mol. The van der Waals surface area contributed by atoms with Crippen LogP contribution in [0.2, 0.25) is 0 Å². The second-order valence-corrected chi connectivity index (χ2v) is 5.20. The minimum atomic E-state index is -0.448. The van der Waals surface area contributed by atoms with E-state index in [2.05, 4.69) is 20.8 Å². The molecule has 126 valence electrons. The van der Waals surface area contributed by atoms with Gasteiger partial charge in [0.05, 0.1) is 6.54 Å². The van der Waals surface area contributed by atoms with E-state index in [1.165, 1.54) is 18.4 Å². The summed E-state index contributed by atoms with van der Waals surface area (Å²) < 4.78 is 5.49. The molecule has 2 aromatic rings. The summed E-state index contributed by atoms with van der Waals surface area (Å²) >= 11 is 1.18. The molecule has 0 aliphatic heterocycles. The average Bonchev–Trinajstić information content (AvgIpc) is 3.06. The van der Waals surface area contributed by atoms with Crippen molar-refractivity contribution >= 4 is 34.5 Å². The van der Waals surface area contributed by atoms with E-state index in [0.29, 0.717) is 30.4 Å². The molecule has 2 rings (SSSR count). The molecule has 1 heterocycles.